The first-order chi connectivity index (χ1) is 12.2. The van der Waals surface area contributed by atoms with Crippen molar-refractivity contribution < 1.29 is 9.53 Å². The fraction of sp³-hybridized carbons (Fsp3) is 0.364. The molecule has 25 heavy (non-hydrogen) atoms. The zero-order chi connectivity index (χ0) is 17.7. The summed E-state index contributed by atoms with van der Waals surface area (Å²) in [7, 11) is 0. The number of carbonyl (C=O) groups excluding carboxylic acids is 1. The molecule has 1 saturated carbocycles. The van der Waals surface area contributed by atoms with Crippen molar-refractivity contribution in [3.05, 3.63) is 65.7 Å². The van der Waals surface area contributed by atoms with Crippen molar-refractivity contribution in [3.8, 4) is 11.8 Å². The molecular weight excluding hydrogens is 310 g/mol. The molecule has 0 heterocycles. The van der Waals surface area contributed by atoms with Gasteiger partial charge in [0.05, 0.1) is 17.6 Å². The predicted octanol–water partition coefficient (Wildman–Crippen LogP) is 5.00. The molecule has 0 saturated heterocycles. The molecule has 3 rings (SSSR count). The van der Waals surface area contributed by atoms with Crippen LogP contribution >= 0.6 is 0 Å². The normalized spacial score (nSPS) is 22.8. The van der Waals surface area contributed by atoms with Gasteiger partial charge in [-0.25, -0.2) is 0 Å². The van der Waals surface area contributed by atoms with Gasteiger partial charge in [-0.1, -0.05) is 37.3 Å². The Morgan fingerprint density at radius 1 is 1.12 bits per heavy atom. The molecule has 0 aliphatic heterocycles. The van der Waals surface area contributed by atoms with Crippen LogP contribution in [0.3, 0.4) is 0 Å². The summed E-state index contributed by atoms with van der Waals surface area (Å²) in [5, 5.41) is 8.98. The van der Waals surface area contributed by atoms with Gasteiger partial charge < -0.3 is 4.74 Å². The minimum Gasteiger partial charge on any atom is -0.426 e. The zero-order valence-electron chi connectivity index (χ0n) is 14.6. The number of benzene rings is 2. The second-order valence-corrected chi connectivity index (χ2v) is 6.83. The lowest BCUT2D eigenvalue weighted by molar-refractivity contribution is -0.140. The monoisotopic (exact) mass is 333 g/mol. The number of para-hydroxylation sites is 1. The van der Waals surface area contributed by atoms with Gasteiger partial charge in [0.1, 0.15) is 5.75 Å². The lowest BCUT2D eigenvalue weighted by Gasteiger charge is -2.39. The highest BCUT2D eigenvalue weighted by Crippen LogP contribution is 2.44. The molecule has 0 N–H and O–H groups in total. The standard InChI is InChI=1S/C22H23NO2/c1-2-22(19-10-8-17(16-23)9-11-19)14-12-18(13-15-22)21(24)25-20-6-4-3-5-7-20/h3-11,18H,2,12-15H2,1H3. The molecule has 1 fully saturated rings. The van der Waals surface area contributed by atoms with E-state index < -0.39 is 0 Å². The molecule has 3 heteroatoms. The molecule has 0 radical (unpaired) electrons. The Morgan fingerprint density at radius 3 is 2.32 bits per heavy atom. The molecule has 0 aromatic heterocycles. The largest absolute Gasteiger partial charge is 0.426 e. The summed E-state index contributed by atoms with van der Waals surface area (Å²) in [5.74, 6) is 0.473. The molecule has 1 aliphatic carbocycles. The highest BCUT2D eigenvalue weighted by Gasteiger charge is 2.38. The average Bonchev–Trinajstić information content (AvgIpc) is 2.69. The smallest absolute Gasteiger partial charge is 0.314 e. The maximum atomic E-state index is 12.4. The summed E-state index contributed by atoms with van der Waals surface area (Å²) in [5.41, 5.74) is 2.08. The minimum atomic E-state index is -0.115. The Hall–Kier alpha value is -2.60. The quantitative estimate of drug-likeness (QED) is 0.584. The average molecular weight is 333 g/mol. The first kappa shape index (κ1) is 17.2. The number of esters is 1. The highest BCUT2D eigenvalue weighted by molar-refractivity contribution is 5.75. The van der Waals surface area contributed by atoms with E-state index in [0.717, 1.165) is 32.1 Å². The van der Waals surface area contributed by atoms with E-state index in [4.69, 9.17) is 10.00 Å². The van der Waals surface area contributed by atoms with Crippen molar-refractivity contribution in [2.45, 2.75) is 44.4 Å². The summed E-state index contributed by atoms with van der Waals surface area (Å²) < 4.78 is 5.52. The molecular formula is C22H23NO2. The second-order valence-electron chi connectivity index (χ2n) is 6.83. The maximum absolute atomic E-state index is 12.4. The molecule has 0 bridgehead atoms. The molecule has 2 aromatic rings. The van der Waals surface area contributed by atoms with Crippen LogP contribution in [0.1, 0.15) is 50.2 Å². The van der Waals surface area contributed by atoms with E-state index in [2.05, 4.69) is 25.1 Å². The molecule has 1 aliphatic rings. The third-order valence-electron chi connectivity index (χ3n) is 5.54. The van der Waals surface area contributed by atoms with Gasteiger partial charge >= 0.3 is 5.97 Å². The van der Waals surface area contributed by atoms with Crippen LogP contribution in [0.25, 0.3) is 0 Å². The molecule has 0 amide bonds. The Kier molecular flexibility index (Phi) is 5.19. The first-order valence-corrected chi connectivity index (χ1v) is 8.94. The maximum Gasteiger partial charge on any atom is 0.314 e. The fourth-order valence-corrected chi connectivity index (χ4v) is 3.84. The topological polar surface area (TPSA) is 50.1 Å². The highest BCUT2D eigenvalue weighted by atomic mass is 16.5. The summed E-state index contributed by atoms with van der Waals surface area (Å²) in [6, 6.07) is 19.4. The molecule has 0 spiro atoms. The third kappa shape index (κ3) is 3.74. The number of rotatable bonds is 4. The van der Waals surface area contributed by atoms with E-state index in [1.165, 1.54) is 5.56 Å². The molecule has 128 valence electrons. The molecule has 0 atom stereocenters. The number of nitriles is 1. The Bertz CT molecular complexity index is 751. The van der Waals surface area contributed by atoms with E-state index in [1.54, 1.807) is 0 Å². The van der Waals surface area contributed by atoms with E-state index in [-0.39, 0.29) is 17.3 Å². The van der Waals surface area contributed by atoms with Gasteiger partial charge in [-0.05, 0) is 67.3 Å². The first-order valence-electron chi connectivity index (χ1n) is 8.94. The van der Waals surface area contributed by atoms with Gasteiger partial charge in [-0.15, -0.1) is 0 Å². The minimum absolute atomic E-state index is 0.0294. The van der Waals surface area contributed by atoms with Crippen molar-refractivity contribution in [1.29, 1.82) is 5.26 Å². The molecule has 3 nitrogen and oxygen atoms in total. The van der Waals surface area contributed by atoms with Crippen LogP contribution in [-0.2, 0) is 10.2 Å². The van der Waals surface area contributed by atoms with E-state index in [1.807, 2.05) is 42.5 Å². The Labute approximate surface area is 149 Å². The lowest BCUT2D eigenvalue weighted by Crippen LogP contribution is -2.35. The summed E-state index contributed by atoms with van der Waals surface area (Å²) in [6.45, 7) is 2.21. The predicted molar refractivity (Wildman–Crippen MR) is 97.2 cm³/mol. The third-order valence-corrected chi connectivity index (χ3v) is 5.54. The van der Waals surface area contributed by atoms with Crippen molar-refractivity contribution >= 4 is 5.97 Å². The van der Waals surface area contributed by atoms with Crippen LogP contribution in [0.2, 0.25) is 0 Å². The van der Waals surface area contributed by atoms with Crippen LogP contribution in [0, 0.1) is 17.2 Å². The van der Waals surface area contributed by atoms with Crippen LogP contribution < -0.4 is 4.74 Å². The van der Waals surface area contributed by atoms with Crippen molar-refractivity contribution in [3.63, 3.8) is 0 Å². The van der Waals surface area contributed by atoms with Crippen molar-refractivity contribution in [1.82, 2.24) is 0 Å². The van der Waals surface area contributed by atoms with E-state index in [9.17, 15) is 4.79 Å². The number of hydrogen-bond acceptors (Lipinski definition) is 3. The molecule has 0 unspecified atom stereocenters. The van der Waals surface area contributed by atoms with Crippen LogP contribution in [0.15, 0.2) is 54.6 Å². The van der Waals surface area contributed by atoms with Gasteiger partial charge in [0.2, 0.25) is 0 Å². The lowest BCUT2D eigenvalue weighted by atomic mass is 9.65. The zero-order valence-corrected chi connectivity index (χ0v) is 14.6. The summed E-state index contributed by atoms with van der Waals surface area (Å²) >= 11 is 0. The van der Waals surface area contributed by atoms with Gasteiger partial charge in [-0.2, -0.15) is 5.26 Å². The van der Waals surface area contributed by atoms with Crippen molar-refractivity contribution in [2.75, 3.05) is 0 Å². The SMILES string of the molecule is CCC1(c2ccc(C#N)cc2)CCC(C(=O)Oc2ccccc2)CC1. The van der Waals surface area contributed by atoms with Crippen LogP contribution in [0.5, 0.6) is 5.75 Å². The number of nitrogens with zero attached hydrogens (tertiary/aromatic N) is 1. The summed E-state index contributed by atoms with van der Waals surface area (Å²) in [4.78, 5) is 12.4. The van der Waals surface area contributed by atoms with Gasteiger partial charge in [0.25, 0.3) is 0 Å². The Morgan fingerprint density at radius 2 is 1.76 bits per heavy atom. The van der Waals surface area contributed by atoms with Gasteiger partial charge in [0.15, 0.2) is 0 Å². The van der Waals surface area contributed by atoms with Crippen LogP contribution in [-0.4, -0.2) is 5.97 Å². The van der Waals surface area contributed by atoms with Crippen LogP contribution in [0.4, 0.5) is 0 Å². The van der Waals surface area contributed by atoms with Gasteiger partial charge in [0, 0.05) is 0 Å². The van der Waals surface area contributed by atoms with E-state index in [0.29, 0.717) is 11.3 Å². The fourth-order valence-electron chi connectivity index (χ4n) is 3.84. The number of hydrogen-bond donors (Lipinski definition) is 0. The molecule has 2 aromatic carbocycles. The van der Waals surface area contributed by atoms with Gasteiger partial charge in [-0.3, -0.25) is 4.79 Å². The second kappa shape index (κ2) is 7.53. The van der Waals surface area contributed by atoms with Crippen molar-refractivity contribution in [2.24, 2.45) is 5.92 Å². The summed E-state index contributed by atoms with van der Waals surface area (Å²) in [6.07, 6.45) is 4.69. The van der Waals surface area contributed by atoms with E-state index >= 15 is 0 Å². The number of ether oxygens (including phenoxy) is 1. The number of carbonyl (C=O) groups is 1. The Balaban J connectivity index is 1.66.